The molecule has 0 saturated heterocycles. The molecule has 0 aromatic rings. The molecule has 1 saturated carbocycles. The average molecular weight is 238 g/mol. The molecule has 0 N–H and O–H groups in total. The van der Waals surface area contributed by atoms with Gasteiger partial charge in [-0.1, -0.05) is 56.8 Å². The Morgan fingerprint density at radius 1 is 1.19 bits per heavy atom. The van der Waals surface area contributed by atoms with Gasteiger partial charge in [0.25, 0.3) is 0 Å². The van der Waals surface area contributed by atoms with Crippen LogP contribution in [0.5, 0.6) is 0 Å². The second-order valence-corrected chi connectivity index (χ2v) is 8.43. The van der Waals surface area contributed by atoms with Gasteiger partial charge >= 0.3 is 0 Å². The highest BCUT2D eigenvalue weighted by Gasteiger charge is 2.38. The van der Waals surface area contributed by atoms with Gasteiger partial charge in [-0.2, -0.15) is 0 Å². The van der Waals surface area contributed by atoms with Crippen molar-refractivity contribution < 1.29 is 4.43 Å². The van der Waals surface area contributed by atoms with E-state index in [0.29, 0.717) is 0 Å². The van der Waals surface area contributed by atoms with Gasteiger partial charge < -0.3 is 4.43 Å². The lowest BCUT2D eigenvalue weighted by atomic mass is 10.0. The molecule has 0 amide bonds. The number of rotatable bonds is 7. The van der Waals surface area contributed by atoms with Crippen LogP contribution in [0.2, 0.25) is 5.54 Å². The SMILES string of the molecule is C=C[Si](C=C)(OCCCC)C1CCCCC1. The molecule has 0 aromatic heterocycles. The lowest BCUT2D eigenvalue weighted by Crippen LogP contribution is -2.41. The van der Waals surface area contributed by atoms with E-state index in [-0.39, 0.29) is 0 Å². The summed E-state index contributed by atoms with van der Waals surface area (Å²) in [5.74, 6) is 0. The van der Waals surface area contributed by atoms with E-state index in [9.17, 15) is 0 Å². The molecular formula is C14H26OSi. The molecule has 1 aliphatic carbocycles. The van der Waals surface area contributed by atoms with Crippen LogP contribution < -0.4 is 0 Å². The van der Waals surface area contributed by atoms with E-state index in [1.165, 1.54) is 38.5 Å². The molecule has 1 fully saturated rings. The zero-order chi connectivity index (χ0) is 11.9. The van der Waals surface area contributed by atoms with Crippen molar-refractivity contribution in [2.45, 2.75) is 57.4 Å². The first-order valence-electron chi connectivity index (χ1n) is 6.70. The van der Waals surface area contributed by atoms with Crippen molar-refractivity contribution in [3.05, 3.63) is 24.6 Å². The summed E-state index contributed by atoms with van der Waals surface area (Å²) >= 11 is 0. The van der Waals surface area contributed by atoms with Gasteiger partial charge in [-0.25, -0.2) is 0 Å². The zero-order valence-corrected chi connectivity index (χ0v) is 11.7. The van der Waals surface area contributed by atoms with E-state index in [4.69, 9.17) is 4.43 Å². The fraction of sp³-hybridized carbons (Fsp3) is 0.714. The molecule has 0 atom stereocenters. The van der Waals surface area contributed by atoms with Crippen molar-refractivity contribution in [2.24, 2.45) is 0 Å². The van der Waals surface area contributed by atoms with Crippen LogP contribution in [0.1, 0.15) is 51.9 Å². The van der Waals surface area contributed by atoms with Gasteiger partial charge in [0.1, 0.15) is 0 Å². The van der Waals surface area contributed by atoms with Crippen LogP contribution in [0, 0.1) is 0 Å². The van der Waals surface area contributed by atoms with Crippen LogP contribution in [-0.2, 0) is 4.43 Å². The fourth-order valence-electron chi connectivity index (χ4n) is 2.60. The predicted octanol–water partition coefficient (Wildman–Crippen LogP) is 4.53. The largest absolute Gasteiger partial charge is 0.409 e. The van der Waals surface area contributed by atoms with Crippen LogP contribution in [0.25, 0.3) is 0 Å². The average Bonchev–Trinajstić information content (AvgIpc) is 2.36. The Balaban J connectivity index is 2.61. The molecule has 1 rings (SSSR count). The highest BCUT2D eigenvalue weighted by molar-refractivity contribution is 6.84. The van der Waals surface area contributed by atoms with Gasteiger partial charge in [-0.05, 0) is 12.0 Å². The van der Waals surface area contributed by atoms with Crippen LogP contribution in [0.4, 0.5) is 0 Å². The molecule has 1 aliphatic rings. The summed E-state index contributed by atoms with van der Waals surface area (Å²) in [5.41, 5.74) is 4.94. The summed E-state index contributed by atoms with van der Waals surface area (Å²) in [5, 5.41) is 0. The minimum absolute atomic E-state index is 0.730. The molecule has 0 unspecified atom stereocenters. The molecule has 16 heavy (non-hydrogen) atoms. The van der Waals surface area contributed by atoms with Crippen molar-refractivity contribution in [3.63, 3.8) is 0 Å². The minimum atomic E-state index is -1.85. The topological polar surface area (TPSA) is 9.23 Å². The van der Waals surface area contributed by atoms with E-state index in [0.717, 1.165) is 18.6 Å². The third kappa shape index (κ3) is 3.32. The Labute approximate surface area is 102 Å². The maximum absolute atomic E-state index is 6.21. The Hall–Kier alpha value is -0.343. The summed E-state index contributed by atoms with van der Waals surface area (Å²) in [6, 6.07) is 0. The molecule has 0 heterocycles. The molecule has 0 bridgehead atoms. The van der Waals surface area contributed by atoms with E-state index in [2.05, 4.69) is 31.5 Å². The third-order valence-electron chi connectivity index (χ3n) is 3.73. The van der Waals surface area contributed by atoms with Gasteiger partial charge in [-0.15, -0.1) is 13.2 Å². The first-order valence-corrected chi connectivity index (χ1v) is 8.84. The van der Waals surface area contributed by atoms with E-state index >= 15 is 0 Å². The monoisotopic (exact) mass is 238 g/mol. The molecule has 0 spiro atoms. The second kappa shape index (κ2) is 7.07. The van der Waals surface area contributed by atoms with Crippen molar-refractivity contribution in [1.29, 1.82) is 0 Å². The lowest BCUT2D eigenvalue weighted by Gasteiger charge is -2.35. The van der Waals surface area contributed by atoms with E-state index < -0.39 is 8.32 Å². The summed E-state index contributed by atoms with van der Waals surface area (Å²) in [7, 11) is -1.85. The Kier molecular flexibility index (Phi) is 6.07. The number of unbranched alkanes of at least 4 members (excludes halogenated alkanes) is 1. The fourth-order valence-corrected chi connectivity index (χ4v) is 5.71. The maximum Gasteiger partial charge on any atom is 0.243 e. The highest BCUT2D eigenvalue weighted by atomic mass is 28.4. The van der Waals surface area contributed by atoms with Crippen LogP contribution in [0.15, 0.2) is 24.6 Å². The highest BCUT2D eigenvalue weighted by Crippen LogP contribution is 2.38. The smallest absolute Gasteiger partial charge is 0.243 e. The predicted molar refractivity (Wildman–Crippen MR) is 73.8 cm³/mol. The van der Waals surface area contributed by atoms with Crippen LogP contribution in [-0.4, -0.2) is 14.9 Å². The van der Waals surface area contributed by atoms with Gasteiger partial charge in [0, 0.05) is 6.61 Å². The van der Waals surface area contributed by atoms with Gasteiger partial charge in [0.2, 0.25) is 8.32 Å². The van der Waals surface area contributed by atoms with Gasteiger partial charge in [0.05, 0.1) is 0 Å². The Bertz CT molecular complexity index is 211. The minimum Gasteiger partial charge on any atom is -0.409 e. The molecule has 2 heteroatoms. The quantitative estimate of drug-likeness (QED) is 0.467. The Morgan fingerprint density at radius 2 is 1.81 bits per heavy atom. The standard InChI is InChI=1S/C14H26OSi/c1-4-7-13-15-16(5-2,6-3)14-11-9-8-10-12-14/h5-6,14H,2-4,7-13H2,1H3. The first kappa shape index (κ1) is 13.7. The Morgan fingerprint density at radius 3 is 2.31 bits per heavy atom. The van der Waals surface area contributed by atoms with Gasteiger partial charge in [0.15, 0.2) is 0 Å². The molecule has 92 valence electrons. The van der Waals surface area contributed by atoms with Crippen LogP contribution in [0.3, 0.4) is 0 Å². The van der Waals surface area contributed by atoms with Gasteiger partial charge in [-0.3, -0.25) is 0 Å². The molecule has 0 radical (unpaired) electrons. The van der Waals surface area contributed by atoms with Crippen molar-refractivity contribution in [3.8, 4) is 0 Å². The second-order valence-electron chi connectivity index (χ2n) is 4.80. The summed E-state index contributed by atoms with van der Waals surface area (Å²) < 4.78 is 6.21. The number of hydrogen-bond acceptors (Lipinski definition) is 1. The maximum atomic E-state index is 6.21. The van der Waals surface area contributed by atoms with Crippen molar-refractivity contribution >= 4 is 8.32 Å². The van der Waals surface area contributed by atoms with Crippen molar-refractivity contribution in [1.82, 2.24) is 0 Å². The molecule has 0 aliphatic heterocycles. The normalized spacial score (nSPS) is 18.3. The summed E-state index contributed by atoms with van der Waals surface area (Å²) in [6.45, 7) is 11.1. The van der Waals surface area contributed by atoms with Crippen molar-refractivity contribution in [2.75, 3.05) is 6.61 Å². The van der Waals surface area contributed by atoms with E-state index in [1.54, 1.807) is 0 Å². The summed E-state index contributed by atoms with van der Waals surface area (Å²) in [4.78, 5) is 0. The first-order chi connectivity index (χ1) is 7.79. The molecule has 1 nitrogen and oxygen atoms in total. The van der Waals surface area contributed by atoms with E-state index in [1.807, 2.05) is 0 Å². The molecule has 0 aromatic carbocycles. The summed E-state index contributed by atoms with van der Waals surface area (Å²) in [6.07, 6.45) is 9.10. The third-order valence-corrected chi connectivity index (χ3v) is 7.57. The lowest BCUT2D eigenvalue weighted by molar-refractivity contribution is 0.288. The molecular weight excluding hydrogens is 212 g/mol. The zero-order valence-electron chi connectivity index (χ0n) is 10.7. The van der Waals surface area contributed by atoms with Crippen LogP contribution >= 0.6 is 0 Å². The number of hydrogen-bond donors (Lipinski definition) is 0.